The number of hydrogen-bond acceptors (Lipinski definition) is 0. The lowest BCUT2D eigenvalue weighted by Crippen LogP contribution is -2.17. The Morgan fingerprint density at radius 3 is 2.60 bits per heavy atom. The molecule has 0 nitrogen and oxygen atoms in total. The molecule has 0 heterocycles. The highest BCUT2D eigenvalue weighted by molar-refractivity contribution is 6.26. The van der Waals surface area contributed by atoms with Crippen molar-refractivity contribution in [3.05, 3.63) is 35.9 Å². The first-order valence-electron chi connectivity index (χ1n) is 5.63. The fourth-order valence-electron chi connectivity index (χ4n) is 3.33. The van der Waals surface area contributed by atoms with Crippen molar-refractivity contribution in [3.63, 3.8) is 0 Å². The molecular formula is C13H14ClF. The van der Waals surface area contributed by atoms with Gasteiger partial charge in [-0.05, 0) is 18.4 Å². The van der Waals surface area contributed by atoms with Crippen LogP contribution >= 0.6 is 11.6 Å². The summed E-state index contributed by atoms with van der Waals surface area (Å²) >= 11 is 6.04. The van der Waals surface area contributed by atoms with E-state index in [2.05, 4.69) is 0 Å². The van der Waals surface area contributed by atoms with Crippen molar-refractivity contribution in [2.45, 2.75) is 36.2 Å². The van der Waals surface area contributed by atoms with E-state index in [1.54, 1.807) is 0 Å². The number of hydrogen-bond donors (Lipinski definition) is 0. The molecular weight excluding hydrogens is 211 g/mol. The molecule has 3 rings (SSSR count). The summed E-state index contributed by atoms with van der Waals surface area (Å²) in [6.45, 7) is 0. The Balaban J connectivity index is 2.04. The van der Waals surface area contributed by atoms with Gasteiger partial charge in [-0.3, -0.25) is 0 Å². The molecule has 1 aromatic rings. The molecule has 2 saturated carbocycles. The van der Waals surface area contributed by atoms with Gasteiger partial charge < -0.3 is 0 Å². The third-order valence-electron chi connectivity index (χ3n) is 4.15. The number of alkyl halides is 2. The largest absolute Gasteiger partial charge is 0.225 e. The van der Waals surface area contributed by atoms with E-state index >= 15 is 0 Å². The molecule has 80 valence electrons. The standard InChI is InChI=1S/C13H14ClF/c14-13(15)11-8-4-5-9-12(11,13)10-6-2-1-3-7-10/h1-3,6-7,11H,4-5,8-9H2/t11-,12-,13-/m1/s1. The van der Waals surface area contributed by atoms with Gasteiger partial charge in [0.15, 0.2) is 5.13 Å². The molecule has 0 spiro atoms. The first-order valence-corrected chi connectivity index (χ1v) is 6.01. The molecule has 0 aliphatic heterocycles. The summed E-state index contributed by atoms with van der Waals surface area (Å²) in [7, 11) is 0. The van der Waals surface area contributed by atoms with Crippen LogP contribution in [0.5, 0.6) is 0 Å². The molecule has 0 aromatic heterocycles. The zero-order valence-corrected chi connectivity index (χ0v) is 9.30. The molecule has 3 atom stereocenters. The van der Waals surface area contributed by atoms with Gasteiger partial charge in [0.25, 0.3) is 0 Å². The lowest BCUT2D eigenvalue weighted by molar-refractivity contribution is 0.359. The molecule has 1 aromatic carbocycles. The molecule has 2 heteroatoms. The van der Waals surface area contributed by atoms with Crippen LogP contribution in [0.15, 0.2) is 30.3 Å². The van der Waals surface area contributed by atoms with Crippen molar-refractivity contribution in [2.75, 3.05) is 0 Å². The fraction of sp³-hybridized carbons (Fsp3) is 0.538. The quantitative estimate of drug-likeness (QED) is 0.632. The Morgan fingerprint density at radius 2 is 1.93 bits per heavy atom. The topological polar surface area (TPSA) is 0 Å². The van der Waals surface area contributed by atoms with Gasteiger partial charge in [0, 0.05) is 5.92 Å². The second-order valence-corrected chi connectivity index (χ2v) is 5.31. The zero-order valence-electron chi connectivity index (χ0n) is 8.55. The van der Waals surface area contributed by atoms with Gasteiger partial charge in [0.1, 0.15) is 0 Å². The van der Waals surface area contributed by atoms with Crippen molar-refractivity contribution >= 4 is 11.6 Å². The SMILES string of the molecule is F[C@]1(Cl)[C@@H]2CCCC[C@@]21c1ccccc1. The van der Waals surface area contributed by atoms with Gasteiger partial charge in [-0.25, -0.2) is 4.39 Å². The molecule has 0 bridgehead atoms. The van der Waals surface area contributed by atoms with Gasteiger partial charge in [0.05, 0.1) is 5.41 Å². The molecule has 2 fully saturated rings. The first-order chi connectivity index (χ1) is 7.19. The number of halogens is 2. The summed E-state index contributed by atoms with van der Waals surface area (Å²) in [6.07, 6.45) is 4.07. The van der Waals surface area contributed by atoms with Crippen LogP contribution < -0.4 is 0 Å². The number of fused-ring (bicyclic) bond motifs is 1. The summed E-state index contributed by atoms with van der Waals surface area (Å²) in [4.78, 5) is 0. The summed E-state index contributed by atoms with van der Waals surface area (Å²) in [5.41, 5.74) is 0.723. The van der Waals surface area contributed by atoms with Crippen molar-refractivity contribution < 1.29 is 4.39 Å². The Labute approximate surface area is 94.4 Å². The highest BCUT2D eigenvalue weighted by atomic mass is 35.5. The number of rotatable bonds is 1. The molecule has 0 unspecified atom stereocenters. The maximum Gasteiger partial charge on any atom is 0.197 e. The van der Waals surface area contributed by atoms with Crippen molar-refractivity contribution in [1.82, 2.24) is 0 Å². The lowest BCUT2D eigenvalue weighted by Gasteiger charge is -2.21. The average molecular weight is 225 g/mol. The average Bonchev–Trinajstić information content (AvgIpc) is 2.80. The highest BCUT2D eigenvalue weighted by Gasteiger charge is 2.78. The number of benzene rings is 1. The fourth-order valence-corrected chi connectivity index (χ4v) is 3.90. The van der Waals surface area contributed by atoms with Crippen molar-refractivity contribution in [1.29, 1.82) is 0 Å². The van der Waals surface area contributed by atoms with Crippen LogP contribution in [0, 0.1) is 5.92 Å². The Kier molecular flexibility index (Phi) is 1.91. The monoisotopic (exact) mass is 224 g/mol. The smallest absolute Gasteiger partial charge is 0.197 e. The Hall–Kier alpha value is -0.560. The van der Waals surface area contributed by atoms with E-state index in [-0.39, 0.29) is 11.3 Å². The van der Waals surface area contributed by atoms with Gasteiger partial charge in [-0.2, -0.15) is 0 Å². The van der Waals surface area contributed by atoms with E-state index in [9.17, 15) is 4.39 Å². The second kappa shape index (κ2) is 2.98. The maximum atomic E-state index is 14.3. The predicted octanol–water partition coefficient (Wildman–Crippen LogP) is 4.03. The third kappa shape index (κ3) is 1.08. The molecule has 2 aliphatic carbocycles. The van der Waals surface area contributed by atoms with Gasteiger partial charge in [0.2, 0.25) is 0 Å². The molecule has 0 radical (unpaired) electrons. The van der Waals surface area contributed by atoms with Crippen LogP contribution in [0.25, 0.3) is 0 Å². The van der Waals surface area contributed by atoms with Gasteiger partial charge >= 0.3 is 0 Å². The van der Waals surface area contributed by atoms with Crippen LogP contribution in [-0.2, 0) is 5.41 Å². The summed E-state index contributed by atoms with van der Waals surface area (Å²) in [6, 6.07) is 9.95. The van der Waals surface area contributed by atoms with E-state index in [0.29, 0.717) is 0 Å². The van der Waals surface area contributed by atoms with E-state index in [4.69, 9.17) is 11.6 Å². The molecule has 0 N–H and O–H groups in total. The van der Waals surface area contributed by atoms with E-state index in [0.717, 1.165) is 31.2 Å². The van der Waals surface area contributed by atoms with Gasteiger partial charge in [-0.15, -0.1) is 0 Å². The predicted molar refractivity (Wildman–Crippen MR) is 59.8 cm³/mol. The summed E-state index contributed by atoms with van der Waals surface area (Å²) in [5.74, 6) is 0.0443. The Bertz CT molecular complexity index is 373. The minimum atomic E-state index is -1.48. The van der Waals surface area contributed by atoms with E-state index < -0.39 is 5.13 Å². The normalized spacial score (nSPS) is 43.5. The molecule has 0 amide bonds. The van der Waals surface area contributed by atoms with Crippen LogP contribution in [0.1, 0.15) is 31.2 Å². The second-order valence-electron chi connectivity index (χ2n) is 4.76. The lowest BCUT2D eigenvalue weighted by atomic mass is 9.83. The Morgan fingerprint density at radius 1 is 1.20 bits per heavy atom. The minimum Gasteiger partial charge on any atom is -0.225 e. The third-order valence-corrected chi connectivity index (χ3v) is 4.75. The maximum absolute atomic E-state index is 14.3. The van der Waals surface area contributed by atoms with Gasteiger partial charge in [-0.1, -0.05) is 54.8 Å². The summed E-state index contributed by atoms with van der Waals surface area (Å²) < 4.78 is 14.3. The van der Waals surface area contributed by atoms with E-state index in [1.165, 1.54) is 0 Å². The van der Waals surface area contributed by atoms with Crippen molar-refractivity contribution in [3.8, 4) is 0 Å². The molecule has 15 heavy (non-hydrogen) atoms. The van der Waals surface area contributed by atoms with Crippen LogP contribution in [0.2, 0.25) is 0 Å². The zero-order chi connectivity index (χ0) is 10.5. The minimum absolute atomic E-state index is 0.0443. The van der Waals surface area contributed by atoms with Crippen molar-refractivity contribution in [2.24, 2.45) is 5.92 Å². The van der Waals surface area contributed by atoms with Crippen LogP contribution in [0.4, 0.5) is 4.39 Å². The highest BCUT2D eigenvalue weighted by Crippen LogP contribution is 2.73. The van der Waals surface area contributed by atoms with E-state index in [1.807, 2.05) is 30.3 Å². The summed E-state index contributed by atoms with van der Waals surface area (Å²) in [5, 5.41) is -1.48. The molecule has 0 saturated heterocycles. The first kappa shape index (κ1) is 9.65. The van der Waals surface area contributed by atoms with Crippen LogP contribution in [0.3, 0.4) is 0 Å². The van der Waals surface area contributed by atoms with Crippen LogP contribution in [-0.4, -0.2) is 5.13 Å². The molecule has 2 aliphatic rings.